The molecule has 310 valence electrons. The number of carboxylic acids is 2. The van der Waals surface area contributed by atoms with Gasteiger partial charge in [0.25, 0.3) is 0 Å². The summed E-state index contributed by atoms with van der Waals surface area (Å²) in [4.78, 5) is 109. The molecule has 0 aromatic carbocycles. The van der Waals surface area contributed by atoms with Gasteiger partial charge < -0.3 is 68.2 Å². The molecule has 0 aliphatic heterocycles. The van der Waals surface area contributed by atoms with Crippen LogP contribution in [0, 0.1) is 11.8 Å². The minimum absolute atomic E-state index is 0.0164. The average molecular weight is 786 g/mol. The van der Waals surface area contributed by atoms with Crippen LogP contribution in [-0.4, -0.2) is 144 Å². The van der Waals surface area contributed by atoms with Crippen molar-refractivity contribution in [1.29, 1.82) is 0 Å². The van der Waals surface area contributed by atoms with E-state index in [-0.39, 0.29) is 18.8 Å². The van der Waals surface area contributed by atoms with Gasteiger partial charge in [0.15, 0.2) is 6.04 Å². The quantitative estimate of drug-likeness (QED) is 0.0471. The number of rotatable bonds is 24. The number of hydrogen-bond donors (Lipinski definition) is 13. The highest BCUT2D eigenvalue weighted by atomic mass is 16.4. The lowest BCUT2D eigenvalue weighted by molar-refractivity contribution is -0.146. The summed E-state index contributed by atoms with van der Waals surface area (Å²) >= 11 is 0. The van der Waals surface area contributed by atoms with E-state index in [1.807, 2.05) is 5.32 Å². The first-order valence-corrected chi connectivity index (χ1v) is 17.6. The molecule has 1 rings (SSSR count). The van der Waals surface area contributed by atoms with E-state index in [0.717, 1.165) is 6.92 Å². The monoisotopic (exact) mass is 785 g/mol. The summed E-state index contributed by atoms with van der Waals surface area (Å²) in [6.07, 6.45) is -1.24. The van der Waals surface area contributed by atoms with Gasteiger partial charge in [-0.25, -0.2) is 9.78 Å². The van der Waals surface area contributed by atoms with Gasteiger partial charge in [-0.2, -0.15) is 0 Å². The van der Waals surface area contributed by atoms with E-state index in [2.05, 4.69) is 36.6 Å². The summed E-state index contributed by atoms with van der Waals surface area (Å²) in [7, 11) is 0. The van der Waals surface area contributed by atoms with Crippen molar-refractivity contribution in [3.63, 3.8) is 0 Å². The first-order chi connectivity index (χ1) is 25.6. The maximum atomic E-state index is 13.8. The Hall–Kier alpha value is -5.19. The van der Waals surface area contributed by atoms with Gasteiger partial charge in [-0.1, -0.05) is 34.1 Å². The zero-order valence-electron chi connectivity index (χ0n) is 31.6. The van der Waals surface area contributed by atoms with Crippen molar-refractivity contribution in [3.8, 4) is 0 Å². The van der Waals surface area contributed by atoms with Crippen molar-refractivity contribution in [2.75, 3.05) is 6.61 Å². The third kappa shape index (κ3) is 16.0. The summed E-state index contributed by atoms with van der Waals surface area (Å²) in [5, 5.41) is 62.0. The number of carbonyl (C=O) groups excluding carboxylic acids is 6. The number of nitrogens with one attached hydrogen (secondary N) is 7. The molecule has 0 unspecified atom stereocenters. The smallest absolute Gasteiger partial charge is 0.328 e. The molecule has 0 bridgehead atoms. The van der Waals surface area contributed by atoms with Gasteiger partial charge in [0.2, 0.25) is 35.4 Å². The number of imidazole rings is 1. The van der Waals surface area contributed by atoms with Crippen LogP contribution in [0.5, 0.6) is 0 Å². The van der Waals surface area contributed by atoms with Crippen LogP contribution < -0.4 is 37.6 Å². The predicted molar refractivity (Wildman–Crippen MR) is 191 cm³/mol. The molecule has 0 saturated carbocycles. The summed E-state index contributed by atoms with van der Waals surface area (Å²) in [5.74, 6) is -9.92. The zero-order valence-corrected chi connectivity index (χ0v) is 31.6. The third-order valence-electron chi connectivity index (χ3n) is 8.40. The van der Waals surface area contributed by atoms with Crippen LogP contribution >= 0.6 is 0 Å². The van der Waals surface area contributed by atoms with Crippen LogP contribution in [0.2, 0.25) is 0 Å². The topological polar surface area (TPSA) is 365 Å². The van der Waals surface area contributed by atoms with E-state index in [1.165, 1.54) is 19.4 Å². The van der Waals surface area contributed by atoms with Gasteiger partial charge in [-0.15, -0.1) is 0 Å². The highest BCUT2D eigenvalue weighted by Gasteiger charge is 2.37. The Bertz CT molecular complexity index is 1470. The first-order valence-electron chi connectivity index (χ1n) is 17.6. The molecule has 10 atom stereocenters. The number of carbonyl (C=O) groups is 8. The average Bonchev–Trinajstić information content (AvgIpc) is 3.62. The van der Waals surface area contributed by atoms with E-state index in [1.54, 1.807) is 27.7 Å². The van der Waals surface area contributed by atoms with Crippen LogP contribution in [0.1, 0.15) is 66.5 Å². The second kappa shape index (κ2) is 22.9. The Balaban J connectivity index is 3.39. The summed E-state index contributed by atoms with van der Waals surface area (Å²) in [5.41, 5.74) is 5.90. The van der Waals surface area contributed by atoms with Crippen molar-refractivity contribution >= 4 is 47.4 Å². The lowest BCUT2D eigenvalue weighted by Gasteiger charge is -2.30. The molecule has 0 fully saturated rings. The molecular weight excluding hydrogens is 730 g/mol. The molecule has 6 amide bonds. The number of nitrogens with zero attached hydrogens (tertiary/aromatic N) is 1. The number of carboxylic acid groups (broad SMARTS) is 2. The number of aromatic nitrogens is 2. The van der Waals surface area contributed by atoms with E-state index >= 15 is 0 Å². The second-order valence-corrected chi connectivity index (χ2v) is 13.6. The fraction of sp³-hybridized carbons (Fsp3) is 0.667. The number of aliphatic hydroxyl groups excluding tert-OH is 3. The normalized spacial score (nSPS) is 16.7. The van der Waals surface area contributed by atoms with E-state index < -0.39 is 121 Å². The van der Waals surface area contributed by atoms with Gasteiger partial charge in [0, 0.05) is 18.3 Å². The maximum absolute atomic E-state index is 13.8. The molecule has 14 N–H and O–H groups in total. The third-order valence-corrected chi connectivity index (χ3v) is 8.40. The second-order valence-electron chi connectivity index (χ2n) is 13.6. The molecule has 0 aliphatic carbocycles. The highest BCUT2D eigenvalue weighted by Crippen LogP contribution is 2.13. The lowest BCUT2D eigenvalue weighted by Crippen LogP contribution is -2.62. The molecular formula is C33H55N9O13. The number of H-pyrrole nitrogens is 1. The van der Waals surface area contributed by atoms with Crippen molar-refractivity contribution < 1.29 is 63.9 Å². The van der Waals surface area contributed by atoms with E-state index in [0.29, 0.717) is 12.1 Å². The Morgan fingerprint density at radius 3 is 1.67 bits per heavy atom. The van der Waals surface area contributed by atoms with Crippen molar-refractivity contribution in [1.82, 2.24) is 41.9 Å². The molecule has 55 heavy (non-hydrogen) atoms. The Labute approximate surface area is 317 Å². The molecule has 0 spiro atoms. The minimum Gasteiger partial charge on any atom is -0.481 e. The largest absolute Gasteiger partial charge is 0.481 e. The number of aromatic amines is 1. The molecule has 1 heterocycles. The minimum atomic E-state index is -1.82. The Morgan fingerprint density at radius 2 is 1.20 bits per heavy atom. The van der Waals surface area contributed by atoms with Gasteiger partial charge in [0.05, 0.1) is 31.6 Å². The Morgan fingerprint density at radius 1 is 0.709 bits per heavy atom. The first kappa shape index (κ1) is 47.8. The molecule has 0 radical (unpaired) electrons. The van der Waals surface area contributed by atoms with Crippen LogP contribution in [0.25, 0.3) is 0 Å². The molecule has 0 aliphatic rings. The number of aliphatic carboxylic acids is 2. The summed E-state index contributed by atoms with van der Waals surface area (Å²) in [6.45, 7) is 8.30. The SMILES string of the molecule is CC[C@H](C)[C@H](NC(=O)[C@H](CC(C)C)NC(=O)[C@H](Cc1cnc[nH]1)NC(=O)[C@@H](NC(=O)[C@@H](N)CO)[C@@H](C)O)C(=O)N[C@@H](CC(=O)O)C(=O)N[C@H](C(=O)O)[C@@H](C)O. The van der Waals surface area contributed by atoms with Crippen molar-refractivity contribution in [2.24, 2.45) is 17.6 Å². The van der Waals surface area contributed by atoms with Gasteiger partial charge >= 0.3 is 11.9 Å². The molecule has 0 saturated heterocycles. The fourth-order valence-electron chi connectivity index (χ4n) is 5.05. The van der Waals surface area contributed by atoms with Crippen LogP contribution in [0.15, 0.2) is 12.5 Å². The van der Waals surface area contributed by atoms with Gasteiger partial charge in [-0.3, -0.25) is 33.6 Å². The number of hydrogen-bond acceptors (Lipinski definition) is 13. The van der Waals surface area contributed by atoms with Crippen LogP contribution in [-0.2, 0) is 44.8 Å². The van der Waals surface area contributed by atoms with Crippen molar-refractivity contribution in [3.05, 3.63) is 18.2 Å². The number of amides is 6. The van der Waals surface area contributed by atoms with Crippen molar-refractivity contribution in [2.45, 2.75) is 122 Å². The highest BCUT2D eigenvalue weighted by molar-refractivity contribution is 5.98. The predicted octanol–water partition coefficient (Wildman–Crippen LogP) is -4.41. The molecule has 22 heteroatoms. The standard InChI is InChI=1S/C33H55N9O13/c1-7-15(4)24(31(52)39-22(10-23(46)47)30(51)42-26(17(6)45)33(54)55)40-29(50)20(8-14(2)3)37-28(49)21(9-18-11-35-13-36-18)38-32(53)25(16(5)44)41-27(48)19(34)12-43/h11,13-17,19-22,24-26,43-45H,7-10,12,34H2,1-6H3,(H,35,36)(H,37,49)(H,38,53)(H,39,52)(H,40,50)(H,41,48)(H,42,51)(H,46,47)(H,54,55)/t15-,16+,17+,19-,20-,21-,22-,24-,25-,26-/m0/s1. The number of aliphatic hydroxyl groups is 3. The Kier molecular flexibility index (Phi) is 19.9. The van der Waals surface area contributed by atoms with Crippen LogP contribution in [0.3, 0.4) is 0 Å². The van der Waals surface area contributed by atoms with Crippen LogP contribution in [0.4, 0.5) is 0 Å². The molecule has 1 aromatic rings. The fourth-order valence-corrected chi connectivity index (χ4v) is 5.05. The van der Waals surface area contributed by atoms with Gasteiger partial charge in [-0.05, 0) is 32.1 Å². The lowest BCUT2D eigenvalue weighted by atomic mass is 9.96. The maximum Gasteiger partial charge on any atom is 0.328 e. The molecule has 1 aromatic heterocycles. The van der Waals surface area contributed by atoms with Gasteiger partial charge in [0.1, 0.15) is 36.3 Å². The van der Waals surface area contributed by atoms with E-state index in [9.17, 15) is 63.9 Å². The van der Waals surface area contributed by atoms with E-state index in [4.69, 9.17) is 5.73 Å². The summed E-state index contributed by atoms with van der Waals surface area (Å²) < 4.78 is 0. The molecule has 22 nitrogen and oxygen atoms in total. The number of nitrogens with two attached hydrogens (primary N) is 1. The zero-order chi connectivity index (χ0) is 42.2. The summed E-state index contributed by atoms with van der Waals surface area (Å²) in [6, 6.07) is -10.8.